The minimum Gasteiger partial charge on any atom is -0.384 e. The van der Waals surface area contributed by atoms with Crippen molar-refractivity contribution in [3.63, 3.8) is 0 Å². The van der Waals surface area contributed by atoms with Crippen molar-refractivity contribution in [3.8, 4) is 0 Å². The standard InChI is InChI=1S/C10H16N4O/c1-2-14-5-6-15-8(7-14)10-12-4-3-9(11)13-10/h3-4,8H,2,5-7H2,1H3,(H2,11,12,13). The van der Waals surface area contributed by atoms with E-state index >= 15 is 0 Å². The summed E-state index contributed by atoms with van der Waals surface area (Å²) in [6.07, 6.45) is 1.63. The lowest BCUT2D eigenvalue weighted by molar-refractivity contribution is -0.0325. The van der Waals surface area contributed by atoms with Crippen molar-refractivity contribution in [2.75, 3.05) is 32.0 Å². The fraction of sp³-hybridized carbons (Fsp3) is 0.600. The molecule has 1 unspecified atom stereocenters. The van der Waals surface area contributed by atoms with Gasteiger partial charge in [-0.15, -0.1) is 0 Å². The molecule has 0 bridgehead atoms. The van der Waals surface area contributed by atoms with E-state index in [0.717, 1.165) is 26.2 Å². The molecule has 1 fully saturated rings. The highest BCUT2D eigenvalue weighted by molar-refractivity contribution is 5.25. The van der Waals surface area contributed by atoms with E-state index in [1.807, 2.05) is 0 Å². The topological polar surface area (TPSA) is 64.3 Å². The van der Waals surface area contributed by atoms with Crippen molar-refractivity contribution >= 4 is 5.82 Å². The van der Waals surface area contributed by atoms with Crippen LogP contribution in [0, 0.1) is 0 Å². The zero-order chi connectivity index (χ0) is 10.7. The number of likely N-dealkylation sites (N-methyl/N-ethyl adjacent to an activating group) is 1. The SMILES string of the molecule is CCN1CCOC(c2nccc(N)n2)C1. The van der Waals surface area contributed by atoms with Gasteiger partial charge >= 0.3 is 0 Å². The number of anilines is 1. The summed E-state index contributed by atoms with van der Waals surface area (Å²) in [4.78, 5) is 10.7. The lowest BCUT2D eigenvalue weighted by Gasteiger charge is -2.31. The predicted molar refractivity (Wildman–Crippen MR) is 57.3 cm³/mol. The van der Waals surface area contributed by atoms with Gasteiger partial charge in [-0.2, -0.15) is 0 Å². The molecule has 1 aliphatic rings. The Hall–Kier alpha value is -1.20. The van der Waals surface area contributed by atoms with Gasteiger partial charge in [0.15, 0.2) is 5.82 Å². The molecule has 0 radical (unpaired) electrons. The molecule has 5 nitrogen and oxygen atoms in total. The molecule has 0 aromatic carbocycles. The maximum Gasteiger partial charge on any atom is 0.160 e. The van der Waals surface area contributed by atoms with Gasteiger partial charge in [0.1, 0.15) is 11.9 Å². The van der Waals surface area contributed by atoms with Gasteiger partial charge in [-0.1, -0.05) is 6.92 Å². The highest BCUT2D eigenvalue weighted by Crippen LogP contribution is 2.18. The maximum absolute atomic E-state index is 5.63. The smallest absolute Gasteiger partial charge is 0.160 e. The van der Waals surface area contributed by atoms with E-state index in [2.05, 4.69) is 21.8 Å². The zero-order valence-corrected chi connectivity index (χ0v) is 8.89. The van der Waals surface area contributed by atoms with Gasteiger partial charge in [0, 0.05) is 19.3 Å². The molecule has 1 atom stereocenters. The van der Waals surface area contributed by atoms with E-state index in [-0.39, 0.29) is 6.10 Å². The fourth-order valence-corrected chi connectivity index (χ4v) is 1.69. The lowest BCUT2D eigenvalue weighted by atomic mass is 10.2. The second-order valence-electron chi connectivity index (χ2n) is 3.59. The van der Waals surface area contributed by atoms with Crippen molar-refractivity contribution in [2.45, 2.75) is 13.0 Å². The number of nitrogen functional groups attached to an aromatic ring is 1. The Morgan fingerprint density at radius 3 is 3.27 bits per heavy atom. The molecule has 5 heteroatoms. The molecule has 2 heterocycles. The highest BCUT2D eigenvalue weighted by atomic mass is 16.5. The van der Waals surface area contributed by atoms with E-state index in [9.17, 15) is 0 Å². The Morgan fingerprint density at radius 2 is 2.53 bits per heavy atom. The summed E-state index contributed by atoms with van der Waals surface area (Å²) < 4.78 is 5.63. The monoisotopic (exact) mass is 208 g/mol. The van der Waals surface area contributed by atoms with Gasteiger partial charge in [-0.25, -0.2) is 9.97 Å². The first kappa shape index (κ1) is 10.3. The van der Waals surface area contributed by atoms with Gasteiger partial charge in [0.2, 0.25) is 0 Å². The third kappa shape index (κ3) is 2.43. The van der Waals surface area contributed by atoms with Gasteiger partial charge in [-0.05, 0) is 12.6 Å². The first-order chi connectivity index (χ1) is 7.29. The van der Waals surface area contributed by atoms with Crippen LogP contribution in [0.25, 0.3) is 0 Å². The van der Waals surface area contributed by atoms with Crippen LogP contribution < -0.4 is 5.73 Å². The Balaban J connectivity index is 2.09. The molecule has 0 amide bonds. The number of rotatable bonds is 2. The Labute approximate surface area is 89.3 Å². The summed E-state index contributed by atoms with van der Waals surface area (Å²) in [5.74, 6) is 1.19. The average Bonchev–Trinajstić information content (AvgIpc) is 2.29. The highest BCUT2D eigenvalue weighted by Gasteiger charge is 2.22. The number of aromatic nitrogens is 2. The maximum atomic E-state index is 5.63. The minimum absolute atomic E-state index is 0.0396. The van der Waals surface area contributed by atoms with Crippen LogP contribution in [0.3, 0.4) is 0 Å². The van der Waals surface area contributed by atoms with Gasteiger partial charge in [0.25, 0.3) is 0 Å². The van der Waals surface area contributed by atoms with E-state index in [1.54, 1.807) is 12.3 Å². The zero-order valence-electron chi connectivity index (χ0n) is 8.89. The van der Waals surface area contributed by atoms with E-state index in [1.165, 1.54) is 0 Å². The van der Waals surface area contributed by atoms with Crippen molar-refractivity contribution in [1.82, 2.24) is 14.9 Å². The van der Waals surface area contributed by atoms with Crippen LogP contribution in [0.5, 0.6) is 0 Å². The molecule has 82 valence electrons. The normalized spacial score (nSPS) is 22.9. The van der Waals surface area contributed by atoms with Crippen LogP contribution in [0.15, 0.2) is 12.3 Å². The number of morpholine rings is 1. The summed E-state index contributed by atoms with van der Waals surface area (Å²) in [6.45, 7) is 5.73. The molecular formula is C10H16N4O. The largest absolute Gasteiger partial charge is 0.384 e. The molecule has 1 aromatic heterocycles. The van der Waals surface area contributed by atoms with Gasteiger partial charge in [0.05, 0.1) is 6.61 Å². The molecule has 0 aliphatic carbocycles. The van der Waals surface area contributed by atoms with Crippen LogP contribution in [0.4, 0.5) is 5.82 Å². The molecular weight excluding hydrogens is 192 g/mol. The third-order valence-electron chi connectivity index (χ3n) is 2.58. The summed E-state index contributed by atoms with van der Waals surface area (Å²) in [6, 6.07) is 1.68. The molecule has 15 heavy (non-hydrogen) atoms. The quantitative estimate of drug-likeness (QED) is 0.764. The Morgan fingerprint density at radius 1 is 1.67 bits per heavy atom. The van der Waals surface area contributed by atoms with Crippen molar-refractivity contribution in [1.29, 1.82) is 0 Å². The van der Waals surface area contributed by atoms with Crippen LogP contribution in [0.1, 0.15) is 18.9 Å². The second-order valence-corrected chi connectivity index (χ2v) is 3.59. The number of nitrogens with zero attached hydrogens (tertiary/aromatic N) is 3. The van der Waals surface area contributed by atoms with E-state index in [0.29, 0.717) is 11.6 Å². The molecule has 1 aliphatic heterocycles. The lowest BCUT2D eigenvalue weighted by Crippen LogP contribution is -2.38. The van der Waals surface area contributed by atoms with Crippen molar-refractivity contribution in [3.05, 3.63) is 18.1 Å². The first-order valence-electron chi connectivity index (χ1n) is 5.22. The molecule has 0 spiro atoms. The molecule has 1 aromatic rings. The fourth-order valence-electron chi connectivity index (χ4n) is 1.69. The van der Waals surface area contributed by atoms with Crippen molar-refractivity contribution in [2.24, 2.45) is 0 Å². The van der Waals surface area contributed by atoms with Crippen LogP contribution in [-0.4, -0.2) is 41.1 Å². The van der Waals surface area contributed by atoms with E-state index < -0.39 is 0 Å². The summed E-state index contributed by atoms with van der Waals surface area (Å²) in [5, 5.41) is 0. The minimum atomic E-state index is -0.0396. The van der Waals surface area contributed by atoms with E-state index in [4.69, 9.17) is 10.5 Å². The molecule has 1 saturated heterocycles. The summed E-state index contributed by atoms with van der Waals surface area (Å²) in [7, 11) is 0. The number of hydrogen-bond donors (Lipinski definition) is 1. The number of hydrogen-bond acceptors (Lipinski definition) is 5. The molecule has 0 saturated carbocycles. The number of ether oxygens (including phenoxy) is 1. The van der Waals surface area contributed by atoms with Crippen molar-refractivity contribution < 1.29 is 4.74 Å². The van der Waals surface area contributed by atoms with Crippen LogP contribution in [0.2, 0.25) is 0 Å². The second kappa shape index (κ2) is 4.55. The predicted octanol–water partition coefficient (Wildman–Crippen LogP) is 0.452. The van der Waals surface area contributed by atoms with Crippen LogP contribution >= 0.6 is 0 Å². The number of nitrogens with two attached hydrogens (primary N) is 1. The summed E-state index contributed by atoms with van der Waals surface area (Å²) in [5.41, 5.74) is 5.61. The molecule has 2 rings (SSSR count). The first-order valence-corrected chi connectivity index (χ1v) is 5.22. The summed E-state index contributed by atoms with van der Waals surface area (Å²) >= 11 is 0. The third-order valence-corrected chi connectivity index (χ3v) is 2.58. The van der Waals surface area contributed by atoms with Gasteiger partial charge < -0.3 is 10.5 Å². The average molecular weight is 208 g/mol. The Bertz CT molecular complexity index is 331. The molecule has 2 N–H and O–H groups in total. The Kier molecular flexibility index (Phi) is 3.13. The van der Waals surface area contributed by atoms with Gasteiger partial charge in [-0.3, -0.25) is 4.90 Å². The van der Waals surface area contributed by atoms with Crippen LogP contribution in [-0.2, 0) is 4.74 Å².